The van der Waals surface area contributed by atoms with Gasteiger partial charge in [0.2, 0.25) is 5.91 Å². The molecule has 2 N–H and O–H groups in total. The van der Waals surface area contributed by atoms with Crippen LogP contribution in [-0.4, -0.2) is 35.7 Å². The van der Waals surface area contributed by atoms with Gasteiger partial charge in [-0.15, -0.1) is 0 Å². The molecule has 0 unspecified atom stereocenters. The van der Waals surface area contributed by atoms with Crippen LogP contribution in [0.1, 0.15) is 46.5 Å². The van der Waals surface area contributed by atoms with Crippen LogP contribution in [0.4, 0.5) is 0 Å². The van der Waals surface area contributed by atoms with E-state index >= 15 is 0 Å². The molecular formula is C12H23NO4. The summed E-state index contributed by atoms with van der Waals surface area (Å²) in [5.74, 6) is -0.609. The van der Waals surface area contributed by atoms with E-state index in [1.165, 1.54) is 0 Å². The zero-order valence-corrected chi connectivity index (χ0v) is 10.9. The molecule has 0 spiro atoms. The minimum Gasteiger partial charge on any atom is -0.466 e. The summed E-state index contributed by atoms with van der Waals surface area (Å²) < 4.78 is 4.71. The first kappa shape index (κ1) is 15.9. The maximum atomic E-state index is 11.4. The first-order valence-electron chi connectivity index (χ1n) is 6.12. The number of rotatable bonds is 8. The molecule has 0 atom stereocenters. The van der Waals surface area contributed by atoms with Gasteiger partial charge in [-0.1, -0.05) is 13.8 Å². The van der Waals surface area contributed by atoms with Crippen LogP contribution in [0.15, 0.2) is 0 Å². The fourth-order valence-electron chi connectivity index (χ4n) is 1.30. The van der Waals surface area contributed by atoms with Crippen molar-refractivity contribution < 1.29 is 19.4 Å². The fraction of sp³-hybridized carbons (Fsp3) is 0.833. The Labute approximate surface area is 103 Å². The molecule has 0 aliphatic rings. The van der Waals surface area contributed by atoms with Crippen molar-refractivity contribution in [2.75, 3.05) is 13.2 Å². The van der Waals surface area contributed by atoms with Gasteiger partial charge in [-0.25, -0.2) is 0 Å². The molecule has 0 bridgehead atoms. The monoisotopic (exact) mass is 245 g/mol. The van der Waals surface area contributed by atoms with Crippen molar-refractivity contribution in [3.05, 3.63) is 0 Å². The largest absolute Gasteiger partial charge is 0.466 e. The topological polar surface area (TPSA) is 75.6 Å². The summed E-state index contributed by atoms with van der Waals surface area (Å²) >= 11 is 0. The second-order valence-electron chi connectivity index (χ2n) is 4.01. The number of carbonyl (C=O) groups excluding carboxylic acids is 2. The van der Waals surface area contributed by atoms with E-state index in [0.29, 0.717) is 19.4 Å². The molecule has 100 valence electrons. The third-order valence-electron chi connectivity index (χ3n) is 2.79. The summed E-state index contributed by atoms with van der Waals surface area (Å²) in [6.45, 7) is 6.01. The molecule has 0 aliphatic heterocycles. The lowest BCUT2D eigenvalue weighted by Crippen LogP contribution is -2.42. The lowest BCUT2D eigenvalue weighted by molar-refractivity contribution is -0.144. The Balaban J connectivity index is 3.84. The number of nitrogens with one attached hydrogen (secondary N) is 1. The van der Waals surface area contributed by atoms with Crippen LogP contribution in [-0.2, 0) is 14.3 Å². The van der Waals surface area contributed by atoms with Crippen LogP contribution in [0.25, 0.3) is 0 Å². The first-order chi connectivity index (χ1) is 7.97. The summed E-state index contributed by atoms with van der Waals surface area (Å²) in [6.07, 6.45) is 1.35. The standard InChI is InChI=1S/C12H23NO4/c1-4-12(16,5-2)9-13-10(14)7-8-11(15)17-6-3/h16H,4-9H2,1-3H3,(H,13,14). The zero-order chi connectivity index (χ0) is 13.3. The summed E-state index contributed by atoms with van der Waals surface area (Å²) in [5, 5.41) is 12.6. The van der Waals surface area contributed by atoms with E-state index in [9.17, 15) is 14.7 Å². The zero-order valence-electron chi connectivity index (χ0n) is 10.9. The molecule has 0 saturated heterocycles. The van der Waals surface area contributed by atoms with Gasteiger partial charge in [0.1, 0.15) is 0 Å². The Morgan fingerprint density at radius 1 is 1.18 bits per heavy atom. The molecule has 0 aliphatic carbocycles. The molecule has 5 nitrogen and oxygen atoms in total. The van der Waals surface area contributed by atoms with E-state index in [-0.39, 0.29) is 31.3 Å². The highest BCUT2D eigenvalue weighted by Crippen LogP contribution is 2.12. The molecule has 0 heterocycles. The highest BCUT2D eigenvalue weighted by Gasteiger charge is 2.22. The molecule has 0 aromatic heterocycles. The predicted molar refractivity (Wildman–Crippen MR) is 64.4 cm³/mol. The SMILES string of the molecule is CCOC(=O)CCC(=O)NCC(O)(CC)CC. The van der Waals surface area contributed by atoms with Gasteiger partial charge in [0.25, 0.3) is 0 Å². The van der Waals surface area contributed by atoms with Gasteiger partial charge in [0, 0.05) is 13.0 Å². The molecule has 0 aromatic carbocycles. The first-order valence-corrected chi connectivity index (χ1v) is 6.12. The molecular weight excluding hydrogens is 222 g/mol. The van der Waals surface area contributed by atoms with Crippen LogP contribution in [0, 0.1) is 0 Å². The van der Waals surface area contributed by atoms with Crippen molar-refractivity contribution in [1.29, 1.82) is 0 Å². The van der Waals surface area contributed by atoms with Crippen molar-refractivity contribution in [3.8, 4) is 0 Å². The molecule has 17 heavy (non-hydrogen) atoms. The van der Waals surface area contributed by atoms with Crippen LogP contribution >= 0.6 is 0 Å². The van der Waals surface area contributed by atoms with E-state index in [1.807, 2.05) is 13.8 Å². The van der Waals surface area contributed by atoms with Crippen LogP contribution in [0.5, 0.6) is 0 Å². The number of hydrogen-bond acceptors (Lipinski definition) is 4. The molecule has 0 fully saturated rings. The fourth-order valence-corrected chi connectivity index (χ4v) is 1.30. The van der Waals surface area contributed by atoms with Gasteiger partial charge in [-0.05, 0) is 19.8 Å². The van der Waals surface area contributed by atoms with Crippen molar-refractivity contribution in [2.24, 2.45) is 0 Å². The van der Waals surface area contributed by atoms with E-state index in [4.69, 9.17) is 4.74 Å². The minimum absolute atomic E-state index is 0.0797. The van der Waals surface area contributed by atoms with Crippen molar-refractivity contribution in [3.63, 3.8) is 0 Å². The Morgan fingerprint density at radius 3 is 2.24 bits per heavy atom. The number of esters is 1. The summed E-state index contributed by atoms with van der Waals surface area (Å²) in [4.78, 5) is 22.4. The van der Waals surface area contributed by atoms with Gasteiger partial charge in [-0.3, -0.25) is 9.59 Å². The summed E-state index contributed by atoms with van der Waals surface area (Å²) in [6, 6.07) is 0. The Bertz CT molecular complexity index is 249. The van der Waals surface area contributed by atoms with Crippen LogP contribution < -0.4 is 5.32 Å². The molecule has 5 heteroatoms. The van der Waals surface area contributed by atoms with E-state index in [0.717, 1.165) is 0 Å². The third-order valence-corrected chi connectivity index (χ3v) is 2.79. The normalized spacial score (nSPS) is 11.1. The van der Waals surface area contributed by atoms with Gasteiger partial charge < -0.3 is 15.2 Å². The number of carbonyl (C=O) groups is 2. The quantitative estimate of drug-likeness (QED) is 0.625. The van der Waals surface area contributed by atoms with Gasteiger partial charge in [0.15, 0.2) is 0 Å². The second-order valence-corrected chi connectivity index (χ2v) is 4.01. The van der Waals surface area contributed by atoms with Gasteiger partial charge >= 0.3 is 5.97 Å². The van der Waals surface area contributed by atoms with Gasteiger partial charge in [-0.2, -0.15) is 0 Å². The van der Waals surface area contributed by atoms with E-state index in [1.54, 1.807) is 6.92 Å². The van der Waals surface area contributed by atoms with E-state index < -0.39 is 5.60 Å². The van der Waals surface area contributed by atoms with E-state index in [2.05, 4.69) is 5.32 Å². The van der Waals surface area contributed by atoms with Crippen LogP contribution in [0.3, 0.4) is 0 Å². The van der Waals surface area contributed by atoms with Crippen molar-refractivity contribution in [2.45, 2.75) is 52.1 Å². The smallest absolute Gasteiger partial charge is 0.306 e. The number of aliphatic hydroxyl groups is 1. The Kier molecular flexibility index (Phi) is 7.54. The maximum Gasteiger partial charge on any atom is 0.306 e. The molecule has 0 saturated carbocycles. The average Bonchev–Trinajstić information content (AvgIpc) is 2.34. The number of ether oxygens (including phenoxy) is 1. The number of amides is 1. The maximum absolute atomic E-state index is 11.4. The lowest BCUT2D eigenvalue weighted by Gasteiger charge is -2.25. The van der Waals surface area contributed by atoms with Crippen molar-refractivity contribution in [1.82, 2.24) is 5.32 Å². The molecule has 0 radical (unpaired) electrons. The highest BCUT2D eigenvalue weighted by molar-refractivity contribution is 5.81. The van der Waals surface area contributed by atoms with Gasteiger partial charge in [0.05, 0.1) is 18.6 Å². The summed E-state index contributed by atoms with van der Waals surface area (Å²) in [7, 11) is 0. The Morgan fingerprint density at radius 2 is 1.76 bits per heavy atom. The minimum atomic E-state index is -0.848. The summed E-state index contributed by atoms with van der Waals surface area (Å²) in [5.41, 5.74) is -0.848. The average molecular weight is 245 g/mol. The number of hydrogen-bond donors (Lipinski definition) is 2. The van der Waals surface area contributed by atoms with Crippen LogP contribution in [0.2, 0.25) is 0 Å². The molecule has 0 aromatic rings. The van der Waals surface area contributed by atoms with Crippen molar-refractivity contribution >= 4 is 11.9 Å². The molecule has 1 amide bonds. The lowest BCUT2D eigenvalue weighted by atomic mass is 9.97. The highest BCUT2D eigenvalue weighted by atomic mass is 16.5. The third kappa shape index (κ3) is 6.94. The molecule has 0 rings (SSSR count). The Hall–Kier alpha value is -1.10. The predicted octanol–water partition coefficient (Wildman–Crippen LogP) is 0.997. The second kappa shape index (κ2) is 8.06.